The number of rotatable bonds is 15. The number of benzene rings is 3. The third-order valence-corrected chi connectivity index (χ3v) is 8.30. The number of likely N-dealkylation sites (N-methyl/N-ethyl adjacent to an activating group) is 2. The summed E-state index contributed by atoms with van der Waals surface area (Å²) in [6, 6.07) is 28.7. The van der Waals surface area contributed by atoms with Crippen LogP contribution in [-0.4, -0.2) is 70.0 Å². The Morgan fingerprint density at radius 1 is 0.918 bits per heavy atom. The minimum absolute atomic E-state index is 0.193. The molecule has 10 nitrogen and oxygen atoms in total. The maximum absolute atomic E-state index is 13.2. The van der Waals surface area contributed by atoms with Gasteiger partial charge in [-0.1, -0.05) is 55.5 Å². The van der Waals surface area contributed by atoms with Gasteiger partial charge in [-0.3, -0.25) is 24.4 Å². The number of hydrogen-bond donors (Lipinski definition) is 2. The highest BCUT2D eigenvalue weighted by Crippen LogP contribution is 2.25. The van der Waals surface area contributed by atoms with Crippen molar-refractivity contribution in [2.24, 2.45) is 0 Å². The number of aryl methyl sites for hydroxylation is 1. The summed E-state index contributed by atoms with van der Waals surface area (Å²) in [7, 11) is 1.95. The van der Waals surface area contributed by atoms with Crippen LogP contribution in [0.3, 0.4) is 0 Å². The lowest BCUT2D eigenvalue weighted by molar-refractivity contribution is -0.149. The summed E-state index contributed by atoms with van der Waals surface area (Å²) >= 11 is 0. The fourth-order valence-corrected chi connectivity index (χ4v) is 5.17. The van der Waals surface area contributed by atoms with Crippen molar-refractivity contribution in [1.29, 1.82) is 0 Å². The van der Waals surface area contributed by atoms with E-state index in [1.54, 1.807) is 18.6 Å². The van der Waals surface area contributed by atoms with Gasteiger partial charge in [0.1, 0.15) is 6.73 Å². The second-order valence-corrected chi connectivity index (χ2v) is 12.0. The second-order valence-electron chi connectivity index (χ2n) is 12.0. The number of esters is 1. The fraction of sp³-hybridized carbons (Fsp3) is 0.256. The van der Waals surface area contributed by atoms with Gasteiger partial charge in [-0.25, -0.2) is 9.97 Å². The van der Waals surface area contributed by atoms with E-state index in [4.69, 9.17) is 4.74 Å². The van der Waals surface area contributed by atoms with Gasteiger partial charge in [0.15, 0.2) is 0 Å². The van der Waals surface area contributed by atoms with E-state index in [-0.39, 0.29) is 24.5 Å². The van der Waals surface area contributed by atoms with Crippen LogP contribution in [0.25, 0.3) is 11.3 Å². The summed E-state index contributed by atoms with van der Waals surface area (Å²) in [5.74, 6) is -0.276. The van der Waals surface area contributed by atoms with Gasteiger partial charge in [-0.15, -0.1) is 0 Å². The number of nitrogens with zero attached hydrogens (tertiary/aromatic N) is 5. The van der Waals surface area contributed by atoms with Crippen LogP contribution in [0.15, 0.2) is 110 Å². The Balaban J connectivity index is 1.10. The molecule has 5 aromatic rings. The Morgan fingerprint density at radius 3 is 2.45 bits per heavy atom. The van der Waals surface area contributed by atoms with Crippen LogP contribution in [0.2, 0.25) is 0 Å². The van der Waals surface area contributed by atoms with Crippen molar-refractivity contribution in [1.82, 2.24) is 24.8 Å². The molecule has 1 unspecified atom stereocenters. The number of anilines is 3. The van der Waals surface area contributed by atoms with Crippen molar-refractivity contribution in [2.45, 2.75) is 33.2 Å². The molecule has 0 saturated carbocycles. The summed E-state index contributed by atoms with van der Waals surface area (Å²) < 4.78 is 5.56. The summed E-state index contributed by atoms with van der Waals surface area (Å²) in [5, 5.41) is 6.29. The third-order valence-electron chi connectivity index (χ3n) is 8.30. The molecule has 2 N–H and O–H groups in total. The van der Waals surface area contributed by atoms with Gasteiger partial charge in [-0.2, -0.15) is 0 Å². The first-order chi connectivity index (χ1) is 23.8. The van der Waals surface area contributed by atoms with Crippen LogP contribution in [0.1, 0.15) is 46.8 Å². The number of aromatic nitrogens is 3. The highest BCUT2D eigenvalue weighted by atomic mass is 16.5. The number of carbonyl (C=O) groups is 2. The molecule has 10 heteroatoms. The van der Waals surface area contributed by atoms with E-state index in [1.807, 2.05) is 117 Å². The van der Waals surface area contributed by atoms with E-state index in [9.17, 15) is 9.59 Å². The molecule has 0 fully saturated rings. The number of ether oxygens (including phenoxy) is 1. The lowest BCUT2D eigenvalue weighted by atomic mass is 10.0. The molecule has 0 saturated heterocycles. The van der Waals surface area contributed by atoms with Gasteiger partial charge >= 0.3 is 5.97 Å². The zero-order chi connectivity index (χ0) is 34.6. The standard InChI is InChI=1S/C39H43N7O3/c1-5-46(23-22-45(4)27-49-38(48)29(3)31-10-7-6-8-11-31)26-30-14-16-32(17-15-30)37(47)42-34-18-13-28(2)36(24-34)44-39-41-21-19-35(43-39)33-12-9-20-40-25-33/h6-21,24-25,29H,5,22-23,26-27H2,1-4H3,(H,42,47)(H,41,43,44). The highest BCUT2D eigenvalue weighted by molar-refractivity contribution is 6.04. The maximum Gasteiger partial charge on any atom is 0.314 e. The Labute approximate surface area is 288 Å². The average molecular weight is 658 g/mol. The van der Waals surface area contributed by atoms with E-state index in [1.165, 1.54) is 0 Å². The number of amides is 1. The van der Waals surface area contributed by atoms with Crippen molar-refractivity contribution in [2.75, 3.05) is 44.0 Å². The van der Waals surface area contributed by atoms with Crippen molar-refractivity contribution in [3.63, 3.8) is 0 Å². The summed E-state index contributed by atoms with van der Waals surface area (Å²) in [4.78, 5) is 43.2. The van der Waals surface area contributed by atoms with Crippen LogP contribution in [0.5, 0.6) is 0 Å². The molecule has 252 valence electrons. The minimum atomic E-state index is -0.305. The van der Waals surface area contributed by atoms with E-state index < -0.39 is 0 Å². The third kappa shape index (κ3) is 10.0. The maximum atomic E-state index is 13.2. The summed E-state index contributed by atoms with van der Waals surface area (Å²) in [6.07, 6.45) is 5.19. The quantitative estimate of drug-likeness (QED) is 0.0917. The van der Waals surface area contributed by atoms with Gasteiger partial charge in [-0.05, 0) is 86.6 Å². The Morgan fingerprint density at radius 2 is 1.71 bits per heavy atom. The van der Waals surface area contributed by atoms with Gasteiger partial charge in [0.05, 0.1) is 11.6 Å². The topological polar surface area (TPSA) is 113 Å². The molecule has 1 atom stereocenters. The normalized spacial score (nSPS) is 11.7. The average Bonchev–Trinajstić information content (AvgIpc) is 3.14. The lowest BCUT2D eigenvalue weighted by Crippen LogP contribution is -2.34. The van der Waals surface area contributed by atoms with Gasteiger partial charge in [0.25, 0.3) is 5.91 Å². The Hall–Kier alpha value is -5.45. The molecule has 49 heavy (non-hydrogen) atoms. The van der Waals surface area contributed by atoms with E-state index >= 15 is 0 Å². The molecular formula is C39H43N7O3. The molecule has 0 spiro atoms. The predicted molar refractivity (Wildman–Crippen MR) is 194 cm³/mol. The largest absolute Gasteiger partial charge is 0.449 e. The Bertz CT molecular complexity index is 1820. The van der Waals surface area contributed by atoms with Crippen LogP contribution < -0.4 is 10.6 Å². The van der Waals surface area contributed by atoms with E-state index in [0.717, 1.165) is 59.8 Å². The second kappa shape index (κ2) is 17.1. The Kier molecular flexibility index (Phi) is 12.2. The molecule has 0 aliphatic rings. The first kappa shape index (κ1) is 34.9. The fourth-order valence-electron chi connectivity index (χ4n) is 5.17. The van der Waals surface area contributed by atoms with Crippen LogP contribution in [0, 0.1) is 6.92 Å². The molecule has 3 aromatic carbocycles. The van der Waals surface area contributed by atoms with Crippen molar-refractivity contribution in [3.05, 3.63) is 132 Å². The molecular weight excluding hydrogens is 614 g/mol. The smallest absolute Gasteiger partial charge is 0.314 e. The first-order valence-corrected chi connectivity index (χ1v) is 16.4. The number of carbonyl (C=O) groups excluding carboxylic acids is 2. The molecule has 0 aliphatic carbocycles. The monoisotopic (exact) mass is 657 g/mol. The van der Waals surface area contributed by atoms with Crippen molar-refractivity contribution in [3.8, 4) is 11.3 Å². The van der Waals surface area contributed by atoms with Gasteiger partial charge < -0.3 is 15.4 Å². The number of nitrogens with one attached hydrogen (secondary N) is 2. The molecule has 1 amide bonds. The lowest BCUT2D eigenvalue weighted by Gasteiger charge is -2.24. The molecule has 2 heterocycles. The predicted octanol–water partition coefficient (Wildman–Crippen LogP) is 6.90. The number of pyridine rings is 1. The van der Waals surface area contributed by atoms with Crippen LogP contribution in [-0.2, 0) is 16.1 Å². The van der Waals surface area contributed by atoms with Crippen molar-refractivity contribution >= 4 is 29.2 Å². The van der Waals surface area contributed by atoms with Crippen LogP contribution in [0.4, 0.5) is 17.3 Å². The molecule has 0 aliphatic heterocycles. The SMILES string of the molecule is CCN(CCN(C)COC(=O)C(C)c1ccccc1)Cc1ccc(C(=O)Nc2ccc(C)c(Nc3nccc(-c4cccnc4)n3)c2)cc1. The zero-order valence-corrected chi connectivity index (χ0v) is 28.5. The summed E-state index contributed by atoms with van der Waals surface area (Å²) in [5.41, 5.74) is 6.73. The zero-order valence-electron chi connectivity index (χ0n) is 28.5. The van der Waals surface area contributed by atoms with Crippen LogP contribution >= 0.6 is 0 Å². The van der Waals surface area contributed by atoms with E-state index in [2.05, 4.69) is 37.4 Å². The molecule has 2 aromatic heterocycles. The number of hydrogen-bond acceptors (Lipinski definition) is 9. The molecule has 5 rings (SSSR count). The molecule has 0 radical (unpaired) electrons. The van der Waals surface area contributed by atoms with Gasteiger partial charge in [0.2, 0.25) is 5.95 Å². The minimum Gasteiger partial charge on any atom is -0.449 e. The van der Waals surface area contributed by atoms with Gasteiger partial charge in [0, 0.05) is 60.7 Å². The first-order valence-electron chi connectivity index (χ1n) is 16.4. The molecule has 0 bridgehead atoms. The highest BCUT2D eigenvalue weighted by Gasteiger charge is 2.17. The van der Waals surface area contributed by atoms with Crippen molar-refractivity contribution < 1.29 is 14.3 Å². The summed E-state index contributed by atoms with van der Waals surface area (Å²) in [6.45, 7) is 9.38. The van der Waals surface area contributed by atoms with E-state index in [0.29, 0.717) is 17.2 Å².